The number of nitrogens with one attached hydrogen (secondary N) is 2. The van der Waals surface area contributed by atoms with E-state index in [9.17, 15) is 9.59 Å². The predicted molar refractivity (Wildman–Crippen MR) is 143 cm³/mol. The van der Waals surface area contributed by atoms with E-state index >= 15 is 0 Å². The number of anilines is 3. The van der Waals surface area contributed by atoms with Crippen LogP contribution >= 0.6 is 0 Å². The molecule has 0 atom stereocenters. The Morgan fingerprint density at radius 2 is 1.55 bits per heavy atom. The minimum Gasteiger partial charge on any atom is -0.493 e. The van der Waals surface area contributed by atoms with Crippen molar-refractivity contribution in [1.29, 1.82) is 0 Å². The molecule has 190 valence electrons. The number of hydrogen-bond donors (Lipinski definition) is 3. The molecule has 2 heterocycles. The standard InChI is InChI=1S/C28H23N5O5/c1-37-23-12-11-21(15-24(23)38-2)30-25-26-29-13-14-33(26)16-22(32-25)17-3-5-18(6-4-17)27(34)31-20-9-7-19(8-10-20)28(35)36/h3-16H,1-2H3,(H,30,32)(H,31,34)(H,35,36). The fourth-order valence-corrected chi connectivity index (χ4v) is 3.90. The van der Waals surface area contributed by atoms with Crippen molar-refractivity contribution in [2.45, 2.75) is 0 Å². The number of amides is 1. The minimum atomic E-state index is -1.02. The Balaban J connectivity index is 1.38. The molecule has 0 bridgehead atoms. The smallest absolute Gasteiger partial charge is 0.335 e. The molecular formula is C28H23N5O5. The van der Waals surface area contributed by atoms with Crippen molar-refractivity contribution in [2.75, 3.05) is 24.9 Å². The van der Waals surface area contributed by atoms with Crippen molar-refractivity contribution >= 4 is 34.7 Å². The van der Waals surface area contributed by atoms with E-state index in [0.717, 1.165) is 11.3 Å². The molecule has 0 aliphatic heterocycles. The maximum absolute atomic E-state index is 12.7. The van der Waals surface area contributed by atoms with E-state index in [2.05, 4.69) is 15.6 Å². The highest BCUT2D eigenvalue weighted by molar-refractivity contribution is 6.04. The molecule has 10 nitrogen and oxygen atoms in total. The number of rotatable bonds is 8. The third-order valence-corrected chi connectivity index (χ3v) is 5.85. The topological polar surface area (TPSA) is 127 Å². The zero-order valence-electron chi connectivity index (χ0n) is 20.5. The Morgan fingerprint density at radius 1 is 0.868 bits per heavy atom. The van der Waals surface area contributed by atoms with Crippen LogP contribution in [0.15, 0.2) is 85.3 Å². The lowest BCUT2D eigenvalue weighted by atomic mass is 10.1. The second kappa shape index (κ2) is 10.3. The van der Waals surface area contributed by atoms with Gasteiger partial charge in [-0.05, 0) is 48.5 Å². The van der Waals surface area contributed by atoms with Gasteiger partial charge in [-0.2, -0.15) is 0 Å². The molecule has 10 heteroatoms. The number of hydrogen-bond acceptors (Lipinski definition) is 7. The van der Waals surface area contributed by atoms with Gasteiger partial charge in [-0.25, -0.2) is 14.8 Å². The van der Waals surface area contributed by atoms with Gasteiger partial charge in [-0.3, -0.25) is 4.79 Å². The summed E-state index contributed by atoms with van der Waals surface area (Å²) in [6, 6.07) is 18.5. The number of carboxylic acid groups (broad SMARTS) is 1. The molecule has 3 N–H and O–H groups in total. The number of ether oxygens (including phenoxy) is 2. The second-order valence-electron chi connectivity index (χ2n) is 8.24. The number of carboxylic acids is 1. The molecule has 3 aromatic carbocycles. The molecule has 5 aromatic rings. The van der Waals surface area contributed by atoms with Gasteiger partial charge in [-0.15, -0.1) is 0 Å². The Morgan fingerprint density at radius 3 is 2.24 bits per heavy atom. The summed E-state index contributed by atoms with van der Waals surface area (Å²) in [5.41, 5.74) is 3.97. The first kappa shape index (κ1) is 24.3. The van der Waals surface area contributed by atoms with E-state index in [-0.39, 0.29) is 11.5 Å². The van der Waals surface area contributed by atoms with Crippen LogP contribution in [0.25, 0.3) is 16.9 Å². The highest BCUT2D eigenvalue weighted by atomic mass is 16.5. The van der Waals surface area contributed by atoms with E-state index < -0.39 is 5.97 Å². The summed E-state index contributed by atoms with van der Waals surface area (Å²) >= 11 is 0. The van der Waals surface area contributed by atoms with Crippen LogP contribution in [0.5, 0.6) is 11.5 Å². The predicted octanol–water partition coefficient (Wildman–Crippen LogP) is 5.11. The van der Waals surface area contributed by atoms with E-state index in [1.165, 1.54) is 12.1 Å². The monoisotopic (exact) mass is 509 g/mol. The number of aromatic nitrogens is 3. The van der Waals surface area contributed by atoms with Gasteiger partial charge in [-0.1, -0.05) is 12.1 Å². The van der Waals surface area contributed by atoms with Crippen LogP contribution < -0.4 is 20.1 Å². The average Bonchev–Trinajstić information content (AvgIpc) is 3.42. The Labute approximate surface area is 217 Å². The maximum Gasteiger partial charge on any atom is 0.335 e. The number of benzene rings is 3. The molecule has 0 spiro atoms. The number of carbonyl (C=O) groups excluding carboxylic acids is 1. The van der Waals surface area contributed by atoms with Gasteiger partial charge >= 0.3 is 5.97 Å². The molecule has 0 aliphatic carbocycles. The zero-order chi connectivity index (χ0) is 26.6. The quantitative estimate of drug-likeness (QED) is 0.263. The van der Waals surface area contributed by atoms with Gasteiger partial charge in [0, 0.05) is 47.2 Å². The third-order valence-electron chi connectivity index (χ3n) is 5.85. The zero-order valence-corrected chi connectivity index (χ0v) is 20.5. The first-order valence-corrected chi connectivity index (χ1v) is 11.5. The van der Waals surface area contributed by atoms with Crippen LogP contribution in [0.4, 0.5) is 17.2 Å². The first-order valence-electron chi connectivity index (χ1n) is 11.5. The van der Waals surface area contributed by atoms with Gasteiger partial charge < -0.3 is 29.6 Å². The Kier molecular flexibility index (Phi) is 6.60. The molecule has 2 aromatic heterocycles. The van der Waals surface area contributed by atoms with Crippen LogP contribution in [0, 0.1) is 0 Å². The lowest BCUT2D eigenvalue weighted by molar-refractivity contribution is 0.0696. The summed E-state index contributed by atoms with van der Waals surface area (Å²) in [6.45, 7) is 0. The van der Waals surface area contributed by atoms with Crippen molar-refractivity contribution in [1.82, 2.24) is 14.4 Å². The molecule has 0 radical (unpaired) electrons. The molecule has 0 aliphatic rings. The molecule has 1 amide bonds. The van der Waals surface area contributed by atoms with E-state index in [4.69, 9.17) is 19.6 Å². The van der Waals surface area contributed by atoms with Gasteiger partial charge in [0.15, 0.2) is 23.0 Å². The number of carbonyl (C=O) groups is 2. The summed E-state index contributed by atoms with van der Waals surface area (Å²) < 4.78 is 12.6. The van der Waals surface area contributed by atoms with E-state index in [1.54, 1.807) is 50.7 Å². The largest absolute Gasteiger partial charge is 0.493 e. The van der Waals surface area contributed by atoms with E-state index in [1.807, 2.05) is 41.1 Å². The molecule has 0 saturated carbocycles. The maximum atomic E-state index is 12.7. The van der Waals surface area contributed by atoms with Crippen LogP contribution in [0.1, 0.15) is 20.7 Å². The second-order valence-corrected chi connectivity index (χ2v) is 8.24. The van der Waals surface area contributed by atoms with Crippen LogP contribution in [-0.4, -0.2) is 45.6 Å². The average molecular weight is 510 g/mol. The van der Waals surface area contributed by atoms with Gasteiger partial charge in [0.1, 0.15) is 0 Å². The van der Waals surface area contributed by atoms with Gasteiger partial charge in [0.25, 0.3) is 5.91 Å². The van der Waals surface area contributed by atoms with Crippen molar-refractivity contribution in [3.8, 4) is 22.8 Å². The SMILES string of the molecule is COc1ccc(Nc2nc(-c3ccc(C(=O)Nc4ccc(C(=O)O)cc4)cc3)cn3ccnc23)cc1OC. The Bertz CT molecular complexity index is 1630. The molecule has 5 rings (SSSR count). The van der Waals surface area contributed by atoms with Crippen LogP contribution in [0.3, 0.4) is 0 Å². The van der Waals surface area contributed by atoms with Crippen LogP contribution in [0.2, 0.25) is 0 Å². The minimum absolute atomic E-state index is 0.148. The molecule has 0 unspecified atom stereocenters. The normalized spacial score (nSPS) is 10.7. The fourth-order valence-electron chi connectivity index (χ4n) is 3.90. The molecular weight excluding hydrogens is 486 g/mol. The number of imidazole rings is 1. The van der Waals surface area contributed by atoms with Crippen molar-refractivity contribution in [3.05, 3.63) is 96.4 Å². The lowest BCUT2D eigenvalue weighted by Gasteiger charge is -2.13. The number of nitrogens with zero attached hydrogens (tertiary/aromatic N) is 3. The fraction of sp³-hybridized carbons (Fsp3) is 0.0714. The highest BCUT2D eigenvalue weighted by Crippen LogP contribution is 2.32. The molecule has 38 heavy (non-hydrogen) atoms. The van der Waals surface area contributed by atoms with E-state index in [0.29, 0.717) is 39.9 Å². The molecule has 0 fully saturated rings. The summed E-state index contributed by atoms with van der Waals surface area (Å²) in [7, 11) is 3.16. The summed E-state index contributed by atoms with van der Waals surface area (Å²) in [6.07, 6.45) is 5.38. The molecule has 0 saturated heterocycles. The number of methoxy groups -OCH3 is 2. The van der Waals surface area contributed by atoms with Crippen molar-refractivity contribution in [2.24, 2.45) is 0 Å². The van der Waals surface area contributed by atoms with Gasteiger partial charge in [0.05, 0.1) is 25.5 Å². The van der Waals surface area contributed by atoms with Crippen molar-refractivity contribution in [3.63, 3.8) is 0 Å². The third kappa shape index (κ3) is 4.96. The number of fused-ring (bicyclic) bond motifs is 1. The summed E-state index contributed by atoms with van der Waals surface area (Å²) in [5.74, 6) is 0.412. The Hall–Kier alpha value is -5.38. The summed E-state index contributed by atoms with van der Waals surface area (Å²) in [4.78, 5) is 32.9. The lowest BCUT2D eigenvalue weighted by Crippen LogP contribution is -2.12. The summed E-state index contributed by atoms with van der Waals surface area (Å²) in [5, 5.41) is 15.1. The number of aromatic carboxylic acids is 1. The van der Waals surface area contributed by atoms with Gasteiger partial charge in [0.2, 0.25) is 0 Å². The highest BCUT2D eigenvalue weighted by Gasteiger charge is 2.13. The first-order chi connectivity index (χ1) is 18.4. The van der Waals surface area contributed by atoms with Crippen LogP contribution in [-0.2, 0) is 0 Å². The van der Waals surface area contributed by atoms with Crippen molar-refractivity contribution < 1.29 is 24.2 Å².